The molecule has 0 unspecified atom stereocenters. The summed E-state index contributed by atoms with van der Waals surface area (Å²) < 4.78 is 0. The van der Waals surface area contributed by atoms with Crippen molar-refractivity contribution in [2.24, 2.45) is 0 Å². The van der Waals surface area contributed by atoms with Crippen LogP contribution < -0.4 is 5.32 Å². The second kappa shape index (κ2) is 6.86. The van der Waals surface area contributed by atoms with Gasteiger partial charge in [0.2, 0.25) is 0 Å². The van der Waals surface area contributed by atoms with Crippen LogP contribution in [0.5, 0.6) is 0 Å². The highest BCUT2D eigenvalue weighted by Crippen LogP contribution is 2.17. The molecule has 0 aliphatic heterocycles. The molecule has 0 aliphatic rings. The number of amides is 1. The van der Waals surface area contributed by atoms with Gasteiger partial charge in [-0.05, 0) is 30.2 Å². The first-order valence-electron chi connectivity index (χ1n) is 6.54. The van der Waals surface area contributed by atoms with Crippen LogP contribution in [0.25, 0.3) is 0 Å². The smallest absolute Gasteiger partial charge is 0.251 e. The normalized spacial score (nSPS) is 10.8. The molecular weight excluding hydrogens is 292 g/mol. The molecule has 20 heavy (non-hydrogen) atoms. The van der Waals surface area contributed by atoms with Crippen LogP contribution in [0.2, 0.25) is 5.02 Å². The molecule has 1 heterocycles. The standard InChI is InChI=1S/C15H17ClN2OS/c1-10(2)13-9-20-14(18-13)7-8-17-15(19)11-3-5-12(16)6-4-11/h3-6,9-10H,7-8H2,1-2H3,(H,17,19). The summed E-state index contributed by atoms with van der Waals surface area (Å²) in [7, 11) is 0. The minimum atomic E-state index is -0.0812. The summed E-state index contributed by atoms with van der Waals surface area (Å²) in [5.41, 5.74) is 1.74. The van der Waals surface area contributed by atoms with Crippen LogP contribution in [0.3, 0.4) is 0 Å². The molecule has 1 amide bonds. The number of aromatic nitrogens is 1. The minimum Gasteiger partial charge on any atom is -0.352 e. The number of benzene rings is 1. The Morgan fingerprint density at radius 2 is 2.05 bits per heavy atom. The molecule has 0 spiro atoms. The van der Waals surface area contributed by atoms with E-state index in [2.05, 4.69) is 29.5 Å². The highest BCUT2D eigenvalue weighted by Gasteiger charge is 2.07. The lowest BCUT2D eigenvalue weighted by atomic mass is 10.2. The molecule has 0 bridgehead atoms. The molecule has 1 aromatic heterocycles. The average molecular weight is 309 g/mol. The van der Waals surface area contributed by atoms with E-state index in [4.69, 9.17) is 11.6 Å². The van der Waals surface area contributed by atoms with E-state index in [1.807, 2.05) is 0 Å². The highest BCUT2D eigenvalue weighted by atomic mass is 35.5. The van der Waals surface area contributed by atoms with Crippen LogP contribution >= 0.6 is 22.9 Å². The molecular formula is C15H17ClN2OS. The summed E-state index contributed by atoms with van der Waals surface area (Å²) in [6, 6.07) is 6.87. The Hall–Kier alpha value is -1.39. The fourth-order valence-corrected chi connectivity index (χ4v) is 2.78. The van der Waals surface area contributed by atoms with Gasteiger partial charge >= 0.3 is 0 Å². The summed E-state index contributed by atoms with van der Waals surface area (Å²) in [6.45, 7) is 4.84. The van der Waals surface area contributed by atoms with E-state index in [-0.39, 0.29) is 5.91 Å². The zero-order valence-corrected chi connectivity index (χ0v) is 13.1. The number of halogens is 1. The predicted octanol–water partition coefficient (Wildman–Crippen LogP) is 3.89. The van der Waals surface area contributed by atoms with Gasteiger partial charge in [0.25, 0.3) is 5.91 Å². The van der Waals surface area contributed by atoms with Crippen LogP contribution in [-0.2, 0) is 6.42 Å². The molecule has 5 heteroatoms. The van der Waals surface area contributed by atoms with Gasteiger partial charge in [0.1, 0.15) is 0 Å². The van der Waals surface area contributed by atoms with Crippen LogP contribution in [0.4, 0.5) is 0 Å². The van der Waals surface area contributed by atoms with Crippen LogP contribution in [0.1, 0.15) is 40.8 Å². The third-order valence-corrected chi connectivity index (χ3v) is 4.07. The van der Waals surface area contributed by atoms with Crippen LogP contribution in [0, 0.1) is 0 Å². The first-order valence-corrected chi connectivity index (χ1v) is 7.80. The van der Waals surface area contributed by atoms with Crippen molar-refractivity contribution in [2.45, 2.75) is 26.2 Å². The first-order chi connectivity index (χ1) is 9.56. The van der Waals surface area contributed by atoms with E-state index in [0.29, 0.717) is 23.0 Å². The van der Waals surface area contributed by atoms with Crippen molar-refractivity contribution in [1.82, 2.24) is 10.3 Å². The van der Waals surface area contributed by atoms with Crippen molar-refractivity contribution in [2.75, 3.05) is 6.54 Å². The largest absolute Gasteiger partial charge is 0.352 e. The second-order valence-corrected chi connectivity index (χ2v) is 6.21. The Kier molecular flexibility index (Phi) is 5.15. The van der Waals surface area contributed by atoms with E-state index in [1.54, 1.807) is 35.6 Å². The van der Waals surface area contributed by atoms with Crippen molar-refractivity contribution < 1.29 is 4.79 Å². The van der Waals surface area contributed by atoms with E-state index >= 15 is 0 Å². The number of carbonyl (C=O) groups excluding carboxylic acids is 1. The molecule has 1 N–H and O–H groups in total. The summed E-state index contributed by atoms with van der Waals surface area (Å²) in [5.74, 6) is 0.367. The minimum absolute atomic E-state index is 0.0812. The predicted molar refractivity (Wildman–Crippen MR) is 83.7 cm³/mol. The number of hydrogen-bond donors (Lipinski definition) is 1. The molecule has 106 valence electrons. The second-order valence-electron chi connectivity index (χ2n) is 4.83. The maximum atomic E-state index is 11.9. The summed E-state index contributed by atoms with van der Waals surface area (Å²) in [4.78, 5) is 16.4. The Balaban J connectivity index is 1.83. The third kappa shape index (κ3) is 4.05. The van der Waals surface area contributed by atoms with Gasteiger partial charge in [-0.2, -0.15) is 0 Å². The maximum absolute atomic E-state index is 11.9. The first kappa shape index (κ1) is 15.0. The molecule has 0 saturated carbocycles. The van der Waals surface area contributed by atoms with Crippen molar-refractivity contribution in [3.05, 3.63) is 50.9 Å². The number of carbonyl (C=O) groups is 1. The van der Waals surface area contributed by atoms with Gasteiger partial charge in [0.05, 0.1) is 10.7 Å². The zero-order valence-electron chi connectivity index (χ0n) is 11.5. The van der Waals surface area contributed by atoms with Crippen molar-refractivity contribution >= 4 is 28.8 Å². The molecule has 0 saturated heterocycles. The summed E-state index contributed by atoms with van der Waals surface area (Å²) in [6.07, 6.45) is 0.761. The molecule has 2 aromatic rings. The Labute approximate surface area is 128 Å². The molecule has 1 aromatic carbocycles. The Morgan fingerprint density at radius 3 is 2.65 bits per heavy atom. The van der Waals surface area contributed by atoms with Gasteiger partial charge in [-0.3, -0.25) is 4.79 Å². The van der Waals surface area contributed by atoms with E-state index in [1.165, 1.54) is 0 Å². The van der Waals surface area contributed by atoms with Crippen molar-refractivity contribution in [1.29, 1.82) is 0 Å². The van der Waals surface area contributed by atoms with Crippen molar-refractivity contribution in [3.8, 4) is 0 Å². The van der Waals surface area contributed by atoms with E-state index < -0.39 is 0 Å². The van der Waals surface area contributed by atoms with Gasteiger partial charge in [0.15, 0.2) is 0 Å². The number of nitrogens with one attached hydrogen (secondary N) is 1. The van der Waals surface area contributed by atoms with Gasteiger partial charge in [-0.25, -0.2) is 4.98 Å². The topological polar surface area (TPSA) is 42.0 Å². The zero-order chi connectivity index (χ0) is 14.5. The fourth-order valence-electron chi connectivity index (χ4n) is 1.69. The lowest BCUT2D eigenvalue weighted by Crippen LogP contribution is -2.25. The fraction of sp³-hybridized carbons (Fsp3) is 0.333. The number of nitrogens with zero attached hydrogens (tertiary/aromatic N) is 1. The third-order valence-electron chi connectivity index (χ3n) is 2.89. The number of rotatable bonds is 5. The lowest BCUT2D eigenvalue weighted by molar-refractivity contribution is 0.0954. The van der Waals surface area contributed by atoms with Gasteiger partial charge in [-0.15, -0.1) is 11.3 Å². The molecule has 0 fully saturated rings. The average Bonchev–Trinajstić information content (AvgIpc) is 2.88. The quantitative estimate of drug-likeness (QED) is 0.910. The SMILES string of the molecule is CC(C)c1csc(CCNC(=O)c2ccc(Cl)cc2)n1. The van der Waals surface area contributed by atoms with Crippen LogP contribution in [-0.4, -0.2) is 17.4 Å². The molecule has 0 aliphatic carbocycles. The molecule has 0 radical (unpaired) electrons. The number of thiazole rings is 1. The Bertz CT molecular complexity index is 578. The van der Waals surface area contributed by atoms with Crippen molar-refractivity contribution in [3.63, 3.8) is 0 Å². The summed E-state index contributed by atoms with van der Waals surface area (Å²) >= 11 is 7.44. The Morgan fingerprint density at radius 1 is 1.35 bits per heavy atom. The molecule has 0 atom stereocenters. The van der Waals surface area contributed by atoms with E-state index in [0.717, 1.165) is 17.1 Å². The maximum Gasteiger partial charge on any atom is 0.251 e. The van der Waals surface area contributed by atoms with Crippen LogP contribution in [0.15, 0.2) is 29.6 Å². The molecule has 2 rings (SSSR count). The van der Waals surface area contributed by atoms with Gasteiger partial charge in [-0.1, -0.05) is 25.4 Å². The summed E-state index contributed by atoms with van der Waals surface area (Å²) in [5, 5.41) is 6.66. The monoisotopic (exact) mass is 308 g/mol. The highest BCUT2D eigenvalue weighted by molar-refractivity contribution is 7.09. The molecule has 3 nitrogen and oxygen atoms in total. The number of hydrogen-bond acceptors (Lipinski definition) is 3. The van der Waals surface area contributed by atoms with E-state index in [9.17, 15) is 4.79 Å². The van der Waals surface area contributed by atoms with Gasteiger partial charge < -0.3 is 5.32 Å². The lowest BCUT2D eigenvalue weighted by Gasteiger charge is -2.04. The van der Waals surface area contributed by atoms with Gasteiger partial charge in [0, 0.05) is 28.9 Å².